The van der Waals surface area contributed by atoms with Gasteiger partial charge in [-0.05, 0) is 96.4 Å². The molecule has 0 amide bonds. The first-order valence-corrected chi connectivity index (χ1v) is 15.9. The lowest BCUT2D eigenvalue weighted by Crippen LogP contribution is -2.28. The molecule has 0 N–H and O–H groups in total. The highest BCUT2D eigenvalue weighted by atomic mass is 16.3. The Kier molecular flexibility index (Phi) is 5.27. The number of furan rings is 1. The monoisotopic (exact) mass is 584 g/mol. The van der Waals surface area contributed by atoms with Gasteiger partial charge in [-0.25, -0.2) is 0 Å². The van der Waals surface area contributed by atoms with E-state index in [0.29, 0.717) is 0 Å². The van der Waals surface area contributed by atoms with Gasteiger partial charge < -0.3 is 4.42 Å². The van der Waals surface area contributed by atoms with Crippen LogP contribution >= 0.6 is 0 Å². The third-order valence-corrected chi connectivity index (χ3v) is 10.1. The lowest BCUT2D eigenvalue weighted by Gasteiger charge is -2.35. The molecule has 46 heavy (non-hydrogen) atoms. The first-order chi connectivity index (χ1) is 22.8. The van der Waals surface area contributed by atoms with Crippen molar-refractivity contribution in [3.63, 3.8) is 0 Å². The van der Waals surface area contributed by atoms with Gasteiger partial charge in [-0.1, -0.05) is 140 Å². The summed E-state index contributed by atoms with van der Waals surface area (Å²) in [6.45, 7) is 0. The van der Waals surface area contributed by atoms with E-state index < -0.39 is 5.41 Å². The standard InChI is InChI=1S/C45H28O/c1-3-16-33(17-4-1)45(34-18-5-2-6-19-34)40-22-12-11-21-37(40)43-38(26-31-15-9-10-20-35(31)44(43)45)32-23-24-36-39-25-29-13-7-8-14-30(29)27-42(39)46-41(36)28-32/h1-28H. The van der Waals surface area contributed by atoms with Crippen molar-refractivity contribution < 1.29 is 4.42 Å². The summed E-state index contributed by atoms with van der Waals surface area (Å²) in [5.74, 6) is 0. The minimum atomic E-state index is -0.479. The van der Waals surface area contributed by atoms with Gasteiger partial charge in [0.25, 0.3) is 0 Å². The summed E-state index contributed by atoms with van der Waals surface area (Å²) in [6.07, 6.45) is 0. The predicted octanol–water partition coefficient (Wildman–Crippen LogP) is 11.9. The van der Waals surface area contributed by atoms with Gasteiger partial charge in [0.15, 0.2) is 0 Å². The minimum absolute atomic E-state index is 0.479. The average Bonchev–Trinajstić information content (AvgIpc) is 3.64. The second-order valence-corrected chi connectivity index (χ2v) is 12.4. The molecule has 0 fully saturated rings. The summed E-state index contributed by atoms with van der Waals surface area (Å²) >= 11 is 0. The van der Waals surface area contributed by atoms with Crippen molar-refractivity contribution in [3.8, 4) is 22.3 Å². The first-order valence-electron chi connectivity index (χ1n) is 15.9. The van der Waals surface area contributed by atoms with Crippen molar-refractivity contribution in [2.45, 2.75) is 5.41 Å². The zero-order chi connectivity index (χ0) is 30.2. The molecule has 0 spiro atoms. The zero-order valence-corrected chi connectivity index (χ0v) is 25.1. The Hall–Kier alpha value is -5.92. The van der Waals surface area contributed by atoms with E-state index in [1.807, 2.05) is 0 Å². The highest BCUT2D eigenvalue weighted by Crippen LogP contribution is 2.60. The molecule has 1 aliphatic rings. The van der Waals surface area contributed by atoms with Gasteiger partial charge >= 0.3 is 0 Å². The third-order valence-electron chi connectivity index (χ3n) is 10.1. The summed E-state index contributed by atoms with van der Waals surface area (Å²) < 4.78 is 6.58. The van der Waals surface area contributed by atoms with Crippen molar-refractivity contribution in [2.24, 2.45) is 0 Å². The van der Waals surface area contributed by atoms with Gasteiger partial charge in [-0.2, -0.15) is 0 Å². The number of hydrogen-bond acceptors (Lipinski definition) is 1. The molecule has 0 saturated heterocycles. The molecule has 0 unspecified atom stereocenters. The number of fused-ring (bicyclic) bond motifs is 9. The van der Waals surface area contributed by atoms with E-state index in [4.69, 9.17) is 4.42 Å². The fraction of sp³-hybridized carbons (Fsp3) is 0.0222. The molecule has 0 saturated carbocycles. The molecule has 1 heteroatoms. The van der Waals surface area contributed by atoms with Crippen molar-refractivity contribution in [3.05, 3.63) is 192 Å². The SMILES string of the molecule is c1ccc(C2(c3ccccc3)c3ccccc3-c3c(-c4ccc5c(c4)oc4cc6ccccc6cc45)cc4ccccc4c32)cc1. The van der Waals surface area contributed by atoms with Crippen molar-refractivity contribution in [1.82, 2.24) is 0 Å². The van der Waals surface area contributed by atoms with Crippen molar-refractivity contribution >= 4 is 43.5 Å². The lowest BCUT2D eigenvalue weighted by molar-refractivity contribution is 0.669. The molecule has 8 aromatic carbocycles. The van der Waals surface area contributed by atoms with E-state index in [0.717, 1.165) is 27.5 Å². The summed E-state index contributed by atoms with van der Waals surface area (Å²) in [7, 11) is 0. The van der Waals surface area contributed by atoms with E-state index in [1.165, 1.54) is 60.5 Å². The van der Waals surface area contributed by atoms with Gasteiger partial charge in [0.1, 0.15) is 11.2 Å². The van der Waals surface area contributed by atoms with Crippen LogP contribution in [0.5, 0.6) is 0 Å². The Morgan fingerprint density at radius 3 is 1.76 bits per heavy atom. The van der Waals surface area contributed by atoms with Gasteiger partial charge in [0, 0.05) is 10.8 Å². The Balaban J connectivity index is 1.33. The van der Waals surface area contributed by atoms with Crippen LogP contribution in [0, 0.1) is 0 Å². The zero-order valence-electron chi connectivity index (χ0n) is 25.1. The molecule has 0 radical (unpaired) electrons. The van der Waals surface area contributed by atoms with Crippen LogP contribution in [-0.2, 0) is 5.41 Å². The van der Waals surface area contributed by atoms with E-state index >= 15 is 0 Å². The molecule has 1 nitrogen and oxygen atoms in total. The Morgan fingerprint density at radius 2 is 1.00 bits per heavy atom. The highest BCUT2D eigenvalue weighted by Gasteiger charge is 2.48. The third kappa shape index (κ3) is 3.40. The molecule has 0 bridgehead atoms. The van der Waals surface area contributed by atoms with Crippen LogP contribution in [0.25, 0.3) is 65.7 Å². The van der Waals surface area contributed by atoms with E-state index in [1.54, 1.807) is 0 Å². The van der Waals surface area contributed by atoms with Crippen LogP contribution in [0.2, 0.25) is 0 Å². The van der Waals surface area contributed by atoms with E-state index in [-0.39, 0.29) is 0 Å². The van der Waals surface area contributed by atoms with Gasteiger partial charge in [0.2, 0.25) is 0 Å². The van der Waals surface area contributed by atoms with Crippen LogP contribution in [0.15, 0.2) is 174 Å². The topological polar surface area (TPSA) is 13.1 Å². The van der Waals surface area contributed by atoms with E-state index in [2.05, 4.69) is 170 Å². The Labute approximate surface area is 267 Å². The molecule has 1 aromatic heterocycles. The van der Waals surface area contributed by atoms with Crippen LogP contribution < -0.4 is 0 Å². The maximum absolute atomic E-state index is 6.58. The smallest absolute Gasteiger partial charge is 0.136 e. The van der Waals surface area contributed by atoms with Crippen molar-refractivity contribution in [2.75, 3.05) is 0 Å². The summed E-state index contributed by atoms with van der Waals surface area (Å²) in [5.41, 5.74) is 11.5. The fourth-order valence-corrected chi connectivity index (χ4v) is 8.18. The lowest BCUT2D eigenvalue weighted by atomic mass is 9.66. The van der Waals surface area contributed by atoms with Gasteiger partial charge in [-0.15, -0.1) is 0 Å². The second-order valence-electron chi connectivity index (χ2n) is 12.4. The summed E-state index contributed by atoms with van der Waals surface area (Å²) in [4.78, 5) is 0. The summed E-state index contributed by atoms with van der Waals surface area (Å²) in [6, 6.07) is 62.1. The quantitative estimate of drug-likeness (QED) is 0.201. The molecular weight excluding hydrogens is 556 g/mol. The molecule has 0 aliphatic heterocycles. The largest absolute Gasteiger partial charge is 0.456 e. The average molecular weight is 585 g/mol. The fourth-order valence-electron chi connectivity index (χ4n) is 8.18. The van der Waals surface area contributed by atoms with Crippen LogP contribution in [0.3, 0.4) is 0 Å². The maximum atomic E-state index is 6.58. The van der Waals surface area contributed by atoms with Crippen molar-refractivity contribution in [1.29, 1.82) is 0 Å². The second kappa shape index (κ2) is 9.54. The summed E-state index contributed by atoms with van der Waals surface area (Å²) in [5, 5.41) is 7.23. The maximum Gasteiger partial charge on any atom is 0.136 e. The molecular formula is C45H28O. The molecule has 214 valence electrons. The predicted molar refractivity (Wildman–Crippen MR) is 191 cm³/mol. The first kappa shape index (κ1) is 25.4. The molecule has 9 aromatic rings. The van der Waals surface area contributed by atoms with Crippen LogP contribution in [-0.4, -0.2) is 0 Å². The Morgan fingerprint density at radius 1 is 0.391 bits per heavy atom. The van der Waals surface area contributed by atoms with Crippen LogP contribution in [0.4, 0.5) is 0 Å². The highest BCUT2D eigenvalue weighted by molar-refractivity contribution is 6.12. The Bertz CT molecular complexity index is 2590. The van der Waals surface area contributed by atoms with Crippen LogP contribution in [0.1, 0.15) is 22.3 Å². The van der Waals surface area contributed by atoms with Gasteiger partial charge in [0.05, 0.1) is 5.41 Å². The molecule has 1 aliphatic carbocycles. The van der Waals surface area contributed by atoms with E-state index in [9.17, 15) is 0 Å². The number of hydrogen-bond donors (Lipinski definition) is 0. The molecule has 10 rings (SSSR count). The minimum Gasteiger partial charge on any atom is -0.456 e. The number of benzene rings is 8. The molecule has 1 heterocycles. The van der Waals surface area contributed by atoms with Gasteiger partial charge in [-0.3, -0.25) is 0 Å². The normalized spacial score (nSPS) is 13.4. The number of rotatable bonds is 3. The molecule has 0 atom stereocenters.